The highest BCUT2D eigenvalue weighted by Crippen LogP contribution is 2.15. The van der Waals surface area contributed by atoms with Gasteiger partial charge >= 0.3 is 0 Å². The average molecular weight is 358 g/mol. The van der Waals surface area contributed by atoms with Crippen molar-refractivity contribution in [3.8, 4) is 0 Å². The highest BCUT2D eigenvalue weighted by molar-refractivity contribution is 14.1. The summed E-state index contributed by atoms with van der Waals surface area (Å²) in [4.78, 5) is 11.9. The molecule has 0 spiro atoms. The fourth-order valence-electron chi connectivity index (χ4n) is 1.37. The highest BCUT2D eigenvalue weighted by Gasteiger charge is 2.05. The Balaban J connectivity index is 2.14. The number of carbonyl (C=O) groups is 1. The van der Waals surface area contributed by atoms with Crippen molar-refractivity contribution in [1.29, 1.82) is 0 Å². The molecule has 0 aliphatic rings. The average Bonchev–Trinajstić information content (AvgIpc) is 2.29. The van der Waals surface area contributed by atoms with E-state index in [1.807, 2.05) is 24.3 Å². The minimum Gasteiger partial charge on any atom is -0.322 e. The van der Waals surface area contributed by atoms with Gasteiger partial charge in [0.2, 0.25) is 0 Å². The van der Waals surface area contributed by atoms with Gasteiger partial charge in [-0.15, -0.1) is 0 Å². The molecule has 2 aromatic carbocycles. The molecule has 0 radical (unpaired) electrons. The molecule has 0 saturated heterocycles. The van der Waals surface area contributed by atoms with Gasteiger partial charge in [-0.25, -0.2) is 0 Å². The van der Waals surface area contributed by atoms with E-state index < -0.39 is 0 Å². The number of halogens is 2. The van der Waals surface area contributed by atoms with Crippen LogP contribution in [-0.4, -0.2) is 5.91 Å². The molecule has 0 aliphatic carbocycles. The van der Waals surface area contributed by atoms with E-state index >= 15 is 0 Å². The van der Waals surface area contributed by atoms with E-state index in [0.29, 0.717) is 10.6 Å². The number of amides is 1. The van der Waals surface area contributed by atoms with E-state index in [2.05, 4.69) is 27.9 Å². The highest BCUT2D eigenvalue weighted by atomic mass is 127. The van der Waals surface area contributed by atoms with Crippen LogP contribution in [-0.2, 0) is 0 Å². The first-order valence-electron chi connectivity index (χ1n) is 4.97. The van der Waals surface area contributed by atoms with Crippen LogP contribution in [0.4, 0.5) is 5.69 Å². The predicted molar refractivity (Wildman–Crippen MR) is 78.6 cm³/mol. The lowest BCUT2D eigenvalue weighted by atomic mass is 10.2. The van der Waals surface area contributed by atoms with Crippen LogP contribution in [0.25, 0.3) is 0 Å². The van der Waals surface area contributed by atoms with E-state index in [0.717, 1.165) is 9.26 Å². The van der Waals surface area contributed by atoms with Gasteiger partial charge in [0.15, 0.2) is 0 Å². The van der Waals surface area contributed by atoms with E-state index in [4.69, 9.17) is 11.6 Å². The fourth-order valence-corrected chi connectivity index (χ4v) is 2.04. The monoisotopic (exact) mass is 357 g/mol. The molecule has 86 valence electrons. The van der Waals surface area contributed by atoms with Gasteiger partial charge in [0.25, 0.3) is 5.91 Å². The minimum atomic E-state index is -0.135. The Morgan fingerprint density at radius 1 is 1.12 bits per heavy atom. The van der Waals surface area contributed by atoms with E-state index in [-0.39, 0.29) is 5.91 Å². The van der Waals surface area contributed by atoms with Crippen molar-refractivity contribution in [3.63, 3.8) is 0 Å². The van der Waals surface area contributed by atoms with Crippen LogP contribution in [0.2, 0.25) is 5.02 Å². The van der Waals surface area contributed by atoms with Crippen LogP contribution in [0, 0.1) is 3.57 Å². The molecule has 0 saturated carbocycles. The summed E-state index contributed by atoms with van der Waals surface area (Å²) in [7, 11) is 0. The Morgan fingerprint density at radius 2 is 1.82 bits per heavy atom. The van der Waals surface area contributed by atoms with Crippen LogP contribution in [0.5, 0.6) is 0 Å². The number of carbonyl (C=O) groups excluding carboxylic acids is 1. The molecule has 0 fully saturated rings. The van der Waals surface area contributed by atoms with Gasteiger partial charge in [-0.3, -0.25) is 4.79 Å². The zero-order valence-corrected chi connectivity index (χ0v) is 11.7. The first-order valence-corrected chi connectivity index (χ1v) is 6.43. The second kappa shape index (κ2) is 5.51. The van der Waals surface area contributed by atoms with Gasteiger partial charge < -0.3 is 5.32 Å². The lowest BCUT2D eigenvalue weighted by molar-refractivity contribution is 0.102. The van der Waals surface area contributed by atoms with Gasteiger partial charge in [0.1, 0.15) is 0 Å². The quantitative estimate of drug-likeness (QED) is 0.802. The van der Waals surface area contributed by atoms with Gasteiger partial charge in [-0.2, -0.15) is 0 Å². The zero-order chi connectivity index (χ0) is 12.3. The van der Waals surface area contributed by atoms with Crippen LogP contribution in [0.15, 0.2) is 48.5 Å². The molecule has 1 N–H and O–H groups in total. The molecule has 2 aromatic rings. The first kappa shape index (κ1) is 12.4. The molecule has 0 bridgehead atoms. The van der Waals surface area contributed by atoms with Gasteiger partial charge in [-0.05, 0) is 65.1 Å². The lowest BCUT2D eigenvalue weighted by Gasteiger charge is -2.05. The summed E-state index contributed by atoms with van der Waals surface area (Å²) in [6.07, 6.45) is 0. The molecule has 0 aliphatic heterocycles. The van der Waals surface area contributed by atoms with Crippen molar-refractivity contribution in [3.05, 3.63) is 62.7 Å². The first-order chi connectivity index (χ1) is 8.15. The predicted octanol–water partition coefficient (Wildman–Crippen LogP) is 4.20. The summed E-state index contributed by atoms with van der Waals surface area (Å²) in [5, 5.41) is 3.45. The SMILES string of the molecule is O=C(Nc1cccc(I)c1)c1ccc(Cl)cc1. The van der Waals surface area contributed by atoms with Gasteiger partial charge in [-0.1, -0.05) is 17.7 Å². The number of rotatable bonds is 2. The van der Waals surface area contributed by atoms with Crippen molar-refractivity contribution in [2.24, 2.45) is 0 Å². The minimum absolute atomic E-state index is 0.135. The number of hydrogen-bond donors (Lipinski definition) is 1. The zero-order valence-electron chi connectivity index (χ0n) is 8.78. The summed E-state index contributed by atoms with van der Waals surface area (Å²) in [5.41, 5.74) is 1.38. The summed E-state index contributed by atoms with van der Waals surface area (Å²) < 4.78 is 1.08. The summed E-state index contributed by atoms with van der Waals surface area (Å²) in [6.45, 7) is 0. The Bertz CT molecular complexity index is 539. The Labute approximate surface area is 118 Å². The smallest absolute Gasteiger partial charge is 0.255 e. The lowest BCUT2D eigenvalue weighted by Crippen LogP contribution is -2.11. The third-order valence-corrected chi connectivity index (χ3v) is 3.11. The number of anilines is 1. The maximum absolute atomic E-state index is 11.9. The molecule has 4 heteroatoms. The fraction of sp³-hybridized carbons (Fsp3) is 0. The number of nitrogens with one attached hydrogen (secondary N) is 1. The molecule has 0 aromatic heterocycles. The number of benzene rings is 2. The Morgan fingerprint density at radius 3 is 2.47 bits per heavy atom. The van der Waals surface area contributed by atoms with Crippen molar-refractivity contribution in [2.75, 3.05) is 5.32 Å². The molecular formula is C13H9ClINO. The standard InChI is InChI=1S/C13H9ClINO/c14-10-6-4-9(5-7-10)13(17)16-12-3-1-2-11(15)8-12/h1-8H,(H,16,17). The molecular weight excluding hydrogens is 349 g/mol. The second-order valence-corrected chi connectivity index (χ2v) is 5.15. The summed E-state index contributed by atoms with van der Waals surface area (Å²) in [5.74, 6) is -0.135. The largest absolute Gasteiger partial charge is 0.322 e. The number of hydrogen-bond acceptors (Lipinski definition) is 1. The molecule has 2 rings (SSSR count). The molecule has 1 amide bonds. The topological polar surface area (TPSA) is 29.1 Å². The van der Waals surface area contributed by atoms with Crippen LogP contribution < -0.4 is 5.32 Å². The van der Waals surface area contributed by atoms with E-state index in [1.165, 1.54) is 0 Å². The molecule has 0 atom stereocenters. The Kier molecular flexibility index (Phi) is 4.02. The van der Waals surface area contributed by atoms with Crippen molar-refractivity contribution in [2.45, 2.75) is 0 Å². The van der Waals surface area contributed by atoms with Gasteiger partial charge in [0, 0.05) is 19.8 Å². The maximum Gasteiger partial charge on any atom is 0.255 e. The summed E-state index contributed by atoms with van der Waals surface area (Å²) >= 11 is 7.97. The second-order valence-electron chi connectivity index (χ2n) is 3.47. The maximum atomic E-state index is 11.9. The van der Waals surface area contributed by atoms with E-state index in [9.17, 15) is 4.79 Å². The molecule has 0 unspecified atom stereocenters. The normalized spacial score (nSPS) is 10.0. The summed E-state index contributed by atoms with van der Waals surface area (Å²) in [6, 6.07) is 14.4. The Hall–Kier alpha value is -1.07. The van der Waals surface area contributed by atoms with E-state index in [1.54, 1.807) is 24.3 Å². The van der Waals surface area contributed by atoms with Crippen molar-refractivity contribution >= 4 is 45.8 Å². The molecule has 2 nitrogen and oxygen atoms in total. The van der Waals surface area contributed by atoms with Gasteiger partial charge in [0.05, 0.1) is 0 Å². The van der Waals surface area contributed by atoms with Crippen molar-refractivity contribution in [1.82, 2.24) is 0 Å². The third kappa shape index (κ3) is 3.44. The van der Waals surface area contributed by atoms with Crippen LogP contribution >= 0.6 is 34.2 Å². The van der Waals surface area contributed by atoms with Crippen LogP contribution in [0.3, 0.4) is 0 Å². The van der Waals surface area contributed by atoms with Crippen LogP contribution in [0.1, 0.15) is 10.4 Å². The third-order valence-electron chi connectivity index (χ3n) is 2.19. The molecule has 0 heterocycles. The van der Waals surface area contributed by atoms with Crippen molar-refractivity contribution < 1.29 is 4.79 Å². The molecule has 17 heavy (non-hydrogen) atoms.